The molecule has 0 unspecified atom stereocenters. The van der Waals surface area contributed by atoms with Gasteiger partial charge in [0.25, 0.3) is 0 Å². The average Bonchev–Trinajstić information content (AvgIpc) is 2.41. The molecule has 0 atom stereocenters. The van der Waals surface area contributed by atoms with Gasteiger partial charge in [0.1, 0.15) is 0 Å². The van der Waals surface area contributed by atoms with Crippen LogP contribution in [0.15, 0.2) is 0 Å². The highest BCUT2D eigenvalue weighted by Crippen LogP contribution is 2.52. The maximum atomic E-state index is 6.31. The van der Waals surface area contributed by atoms with Gasteiger partial charge < -0.3 is 0 Å². The lowest BCUT2D eigenvalue weighted by molar-refractivity contribution is 0.394. The lowest BCUT2D eigenvalue weighted by Crippen LogP contribution is -2.40. The summed E-state index contributed by atoms with van der Waals surface area (Å²) < 4.78 is 0.679. The lowest BCUT2D eigenvalue weighted by atomic mass is 9.89. The fraction of sp³-hybridized carbons (Fsp3) is 1.00. The molecule has 2 fully saturated rings. The lowest BCUT2D eigenvalue weighted by Gasteiger charge is -2.45. The molecule has 0 heterocycles. The maximum Gasteiger partial charge on any atom is 0.0371 e. The van der Waals surface area contributed by atoms with Crippen LogP contribution in [0.2, 0.25) is 0 Å². The zero-order valence-corrected chi connectivity index (χ0v) is 13.0. The Labute approximate surface area is 120 Å². The van der Waals surface area contributed by atoms with E-state index in [1.54, 1.807) is 0 Å². The van der Waals surface area contributed by atoms with Crippen molar-refractivity contribution >= 4 is 35.0 Å². The van der Waals surface area contributed by atoms with Crippen LogP contribution in [0, 0.1) is 0 Å². The third-order valence-corrected chi connectivity index (χ3v) is 7.76. The van der Waals surface area contributed by atoms with Gasteiger partial charge in [-0.25, -0.2) is 0 Å². The molecule has 0 aromatic rings. The Hall–Kier alpha value is 0.930. The number of alkyl halides is 2. The Bertz CT molecular complexity index is 206. The summed E-state index contributed by atoms with van der Waals surface area (Å²) in [6.07, 6.45) is 13.5. The Morgan fingerprint density at radius 1 is 0.647 bits per heavy atom. The molecule has 0 radical (unpaired) electrons. The van der Waals surface area contributed by atoms with Crippen molar-refractivity contribution in [1.82, 2.24) is 0 Å². The number of thioether (sulfide) groups is 1. The summed E-state index contributed by atoms with van der Waals surface area (Å²) in [5.41, 5.74) is 0. The van der Waals surface area contributed by atoms with E-state index in [0.29, 0.717) is 9.49 Å². The molecule has 0 nitrogen and oxygen atoms in total. The highest BCUT2D eigenvalue weighted by molar-refractivity contribution is 8.02. The molecule has 0 aromatic carbocycles. The average molecular weight is 295 g/mol. The fourth-order valence-corrected chi connectivity index (χ4v) is 6.25. The minimum Gasteiger partial charge on any atom is -0.146 e. The summed E-state index contributed by atoms with van der Waals surface area (Å²) in [5.74, 6) is 1.63. The van der Waals surface area contributed by atoms with Crippen molar-refractivity contribution in [3.8, 4) is 0 Å². The topological polar surface area (TPSA) is 0 Å². The SMILES string of the molecule is ClCC1(SC2(CCl)CCCCC2)CCCCC1. The zero-order valence-electron chi connectivity index (χ0n) is 10.6. The summed E-state index contributed by atoms with van der Waals surface area (Å²) in [6, 6.07) is 0. The van der Waals surface area contributed by atoms with Gasteiger partial charge in [-0.3, -0.25) is 0 Å². The zero-order chi connectivity index (χ0) is 12.2. The second-order valence-electron chi connectivity index (χ2n) is 5.86. The number of halogens is 2. The fourth-order valence-electron chi connectivity index (χ4n) is 3.38. The van der Waals surface area contributed by atoms with Gasteiger partial charge in [-0.15, -0.1) is 35.0 Å². The molecule has 2 rings (SSSR count). The van der Waals surface area contributed by atoms with Gasteiger partial charge in [-0.1, -0.05) is 38.5 Å². The van der Waals surface area contributed by atoms with Gasteiger partial charge in [0, 0.05) is 21.3 Å². The predicted molar refractivity (Wildman–Crippen MR) is 80.7 cm³/mol. The normalized spacial score (nSPS) is 27.9. The van der Waals surface area contributed by atoms with Gasteiger partial charge in [0.15, 0.2) is 0 Å². The molecule has 0 N–H and O–H groups in total. The second kappa shape index (κ2) is 6.39. The first-order valence-electron chi connectivity index (χ1n) is 7.06. The third kappa shape index (κ3) is 3.48. The molecule has 100 valence electrons. The number of hydrogen-bond acceptors (Lipinski definition) is 1. The van der Waals surface area contributed by atoms with E-state index in [2.05, 4.69) is 11.8 Å². The summed E-state index contributed by atoms with van der Waals surface area (Å²) >= 11 is 14.8. The van der Waals surface area contributed by atoms with Gasteiger partial charge in [-0.2, -0.15) is 0 Å². The van der Waals surface area contributed by atoms with Gasteiger partial charge in [0.2, 0.25) is 0 Å². The van der Waals surface area contributed by atoms with Crippen LogP contribution >= 0.6 is 35.0 Å². The summed E-state index contributed by atoms with van der Waals surface area (Å²) in [6.45, 7) is 0. The van der Waals surface area contributed by atoms with Crippen LogP contribution in [0.25, 0.3) is 0 Å². The molecule has 2 saturated carbocycles. The van der Waals surface area contributed by atoms with E-state index in [-0.39, 0.29) is 0 Å². The van der Waals surface area contributed by atoms with Crippen LogP contribution in [0.1, 0.15) is 64.2 Å². The molecule has 0 saturated heterocycles. The Kier molecular flexibility index (Phi) is 5.39. The van der Waals surface area contributed by atoms with Crippen molar-refractivity contribution < 1.29 is 0 Å². The van der Waals surface area contributed by atoms with Crippen molar-refractivity contribution in [2.75, 3.05) is 11.8 Å². The summed E-state index contributed by atoms with van der Waals surface area (Å²) in [7, 11) is 0. The van der Waals surface area contributed by atoms with Crippen molar-refractivity contribution in [1.29, 1.82) is 0 Å². The molecule has 0 aromatic heterocycles. The van der Waals surface area contributed by atoms with E-state index >= 15 is 0 Å². The first kappa shape index (κ1) is 14.3. The molecule has 3 heteroatoms. The standard InChI is InChI=1S/C14H24Cl2S/c15-11-13(7-3-1-4-8-13)17-14(12-16)9-5-2-6-10-14/h1-12H2. The van der Waals surface area contributed by atoms with E-state index in [9.17, 15) is 0 Å². The highest BCUT2D eigenvalue weighted by Gasteiger charge is 2.42. The molecule has 2 aliphatic carbocycles. The van der Waals surface area contributed by atoms with Crippen molar-refractivity contribution in [2.24, 2.45) is 0 Å². The molecule has 0 amide bonds. The molecule has 17 heavy (non-hydrogen) atoms. The van der Waals surface area contributed by atoms with Gasteiger partial charge in [0.05, 0.1) is 0 Å². The summed E-state index contributed by atoms with van der Waals surface area (Å²) in [5, 5.41) is 0. The first-order valence-corrected chi connectivity index (χ1v) is 8.95. The van der Waals surface area contributed by atoms with Crippen LogP contribution in [0.5, 0.6) is 0 Å². The van der Waals surface area contributed by atoms with E-state index in [1.165, 1.54) is 64.2 Å². The molecule has 0 spiro atoms. The molecule has 2 aliphatic rings. The van der Waals surface area contributed by atoms with Crippen LogP contribution in [-0.2, 0) is 0 Å². The van der Waals surface area contributed by atoms with E-state index in [4.69, 9.17) is 23.2 Å². The van der Waals surface area contributed by atoms with Gasteiger partial charge >= 0.3 is 0 Å². The van der Waals surface area contributed by atoms with Crippen molar-refractivity contribution in [2.45, 2.75) is 73.7 Å². The Morgan fingerprint density at radius 3 is 1.29 bits per heavy atom. The first-order chi connectivity index (χ1) is 8.24. The minimum absolute atomic E-state index is 0.339. The maximum absolute atomic E-state index is 6.31. The number of rotatable bonds is 4. The molecule has 0 aliphatic heterocycles. The Morgan fingerprint density at radius 2 is 1.00 bits per heavy atom. The van der Waals surface area contributed by atoms with Crippen LogP contribution in [-0.4, -0.2) is 21.3 Å². The Balaban J connectivity index is 2.04. The second-order valence-corrected chi connectivity index (χ2v) is 8.33. The number of hydrogen-bond donors (Lipinski definition) is 0. The predicted octanol–water partition coefficient (Wildman–Crippen LogP) is 5.60. The van der Waals surface area contributed by atoms with E-state index in [0.717, 1.165) is 11.8 Å². The third-order valence-electron chi connectivity index (χ3n) is 4.45. The van der Waals surface area contributed by atoms with Crippen LogP contribution < -0.4 is 0 Å². The van der Waals surface area contributed by atoms with E-state index < -0.39 is 0 Å². The highest BCUT2D eigenvalue weighted by atomic mass is 35.5. The van der Waals surface area contributed by atoms with Crippen LogP contribution in [0.3, 0.4) is 0 Å². The summed E-state index contributed by atoms with van der Waals surface area (Å²) in [4.78, 5) is 0. The largest absolute Gasteiger partial charge is 0.146 e. The smallest absolute Gasteiger partial charge is 0.0371 e. The molecule has 0 bridgehead atoms. The van der Waals surface area contributed by atoms with Crippen LogP contribution in [0.4, 0.5) is 0 Å². The van der Waals surface area contributed by atoms with E-state index in [1.807, 2.05) is 0 Å². The minimum atomic E-state index is 0.339. The quantitative estimate of drug-likeness (QED) is 0.608. The van der Waals surface area contributed by atoms with Gasteiger partial charge in [-0.05, 0) is 25.7 Å². The van der Waals surface area contributed by atoms with Crippen molar-refractivity contribution in [3.05, 3.63) is 0 Å². The molecular weight excluding hydrogens is 271 g/mol. The monoisotopic (exact) mass is 294 g/mol. The van der Waals surface area contributed by atoms with Crippen molar-refractivity contribution in [3.63, 3.8) is 0 Å². The molecular formula is C14H24Cl2S.